The zero-order valence-electron chi connectivity index (χ0n) is 16.0. The molecule has 5 nitrogen and oxygen atoms in total. The molecule has 0 spiro atoms. The summed E-state index contributed by atoms with van der Waals surface area (Å²) in [5.41, 5.74) is 1.41. The average molecular weight is 546 g/mol. The standard InChI is InChI=1S/C21H18Cl2INO4/c1-4-27-18-9-12(7-16(24)19(18)28-11(2)3)8-17-21(26)29-20(25-17)14-6-5-13(22)10-15(14)23/h5-11H,4H2,1-3H3/b17-8-. The minimum atomic E-state index is -0.554. The normalized spacial score (nSPS) is 14.9. The molecular weight excluding hydrogens is 528 g/mol. The van der Waals surface area contributed by atoms with Crippen molar-refractivity contribution in [2.45, 2.75) is 26.9 Å². The van der Waals surface area contributed by atoms with E-state index < -0.39 is 5.97 Å². The summed E-state index contributed by atoms with van der Waals surface area (Å²) in [6, 6.07) is 8.59. The molecule has 0 aliphatic carbocycles. The lowest BCUT2D eigenvalue weighted by Gasteiger charge is -2.16. The summed E-state index contributed by atoms with van der Waals surface area (Å²) in [6.45, 7) is 6.30. The molecule has 2 aromatic rings. The molecule has 0 amide bonds. The smallest absolute Gasteiger partial charge is 0.363 e. The van der Waals surface area contributed by atoms with Crippen LogP contribution < -0.4 is 9.47 Å². The van der Waals surface area contributed by atoms with Gasteiger partial charge in [-0.2, -0.15) is 0 Å². The minimum Gasteiger partial charge on any atom is -0.490 e. The van der Waals surface area contributed by atoms with Gasteiger partial charge < -0.3 is 14.2 Å². The number of cyclic esters (lactones) is 1. The quantitative estimate of drug-likeness (QED) is 0.249. The van der Waals surface area contributed by atoms with E-state index in [9.17, 15) is 4.79 Å². The second kappa shape index (κ2) is 9.36. The van der Waals surface area contributed by atoms with Gasteiger partial charge in [-0.05, 0) is 85.3 Å². The number of benzene rings is 2. The molecule has 152 valence electrons. The molecule has 0 N–H and O–H groups in total. The van der Waals surface area contributed by atoms with Gasteiger partial charge in [-0.3, -0.25) is 0 Å². The summed E-state index contributed by atoms with van der Waals surface area (Å²) in [4.78, 5) is 16.6. The lowest BCUT2D eigenvalue weighted by atomic mass is 10.1. The number of hydrogen-bond acceptors (Lipinski definition) is 5. The third-order valence-electron chi connectivity index (χ3n) is 3.77. The van der Waals surface area contributed by atoms with E-state index in [1.807, 2.05) is 32.9 Å². The Morgan fingerprint density at radius 2 is 2.00 bits per heavy atom. The van der Waals surface area contributed by atoms with E-state index >= 15 is 0 Å². The van der Waals surface area contributed by atoms with Gasteiger partial charge in [0.05, 0.1) is 26.9 Å². The van der Waals surface area contributed by atoms with E-state index in [0.29, 0.717) is 33.7 Å². The van der Waals surface area contributed by atoms with Crippen molar-refractivity contribution in [2.75, 3.05) is 6.61 Å². The first kappa shape index (κ1) is 21.9. The molecule has 1 aliphatic heterocycles. The van der Waals surface area contributed by atoms with Crippen LogP contribution in [0.25, 0.3) is 6.08 Å². The highest BCUT2D eigenvalue weighted by molar-refractivity contribution is 14.1. The second-order valence-electron chi connectivity index (χ2n) is 6.39. The van der Waals surface area contributed by atoms with E-state index in [1.54, 1.807) is 24.3 Å². The van der Waals surface area contributed by atoms with Gasteiger partial charge in [0.2, 0.25) is 5.90 Å². The van der Waals surface area contributed by atoms with Crippen LogP contribution in [0.15, 0.2) is 41.0 Å². The van der Waals surface area contributed by atoms with Crippen LogP contribution in [0, 0.1) is 3.57 Å². The predicted molar refractivity (Wildman–Crippen MR) is 123 cm³/mol. The van der Waals surface area contributed by atoms with Crippen LogP contribution >= 0.6 is 45.8 Å². The average Bonchev–Trinajstić information content (AvgIpc) is 2.98. The Hall–Kier alpha value is -1.77. The van der Waals surface area contributed by atoms with Gasteiger partial charge in [0.25, 0.3) is 0 Å². The molecule has 1 heterocycles. The minimum absolute atomic E-state index is 0.00743. The summed E-state index contributed by atoms with van der Waals surface area (Å²) in [6.07, 6.45) is 1.65. The number of nitrogens with zero attached hydrogens (tertiary/aromatic N) is 1. The van der Waals surface area contributed by atoms with Gasteiger partial charge in [-0.25, -0.2) is 9.79 Å². The fourth-order valence-corrected chi connectivity index (χ4v) is 3.87. The van der Waals surface area contributed by atoms with Crippen molar-refractivity contribution in [1.29, 1.82) is 0 Å². The van der Waals surface area contributed by atoms with Crippen molar-refractivity contribution in [3.8, 4) is 11.5 Å². The molecule has 0 saturated carbocycles. The number of aliphatic imine (C=N–C) groups is 1. The number of halogens is 3. The number of ether oxygens (including phenoxy) is 3. The lowest BCUT2D eigenvalue weighted by molar-refractivity contribution is -0.129. The van der Waals surface area contributed by atoms with Crippen molar-refractivity contribution < 1.29 is 19.0 Å². The predicted octanol–water partition coefficient (Wildman–Crippen LogP) is 6.13. The zero-order chi connectivity index (χ0) is 21.1. The first-order valence-corrected chi connectivity index (χ1v) is 10.7. The summed E-state index contributed by atoms with van der Waals surface area (Å²) in [5.74, 6) is 0.871. The Kier molecular flexibility index (Phi) is 7.08. The Balaban J connectivity index is 1.98. The van der Waals surface area contributed by atoms with Crippen molar-refractivity contribution >= 4 is 63.7 Å². The Morgan fingerprint density at radius 3 is 2.66 bits per heavy atom. The maximum Gasteiger partial charge on any atom is 0.363 e. The number of esters is 1. The highest BCUT2D eigenvalue weighted by Crippen LogP contribution is 2.36. The maximum atomic E-state index is 12.3. The fourth-order valence-electron chi connectivity index (χ4n) is 2.63. The van der Waals surface area contributed by atoms with E-state index in [2.05, 4.69) is 27.6 Å². The van der Waals surface area contributed by atoms with E-state index in [0.717, 1.165) is 9.13 Å². The zero-order valence-corrected chi connectivity index (χ0v) is 19.6. The molecule has 0 aromatic heterocycles. The summed E-state index contributed by atoms with van der Waals surface area (Å²) in [5, 5.41) is 0.842. The Morgan fingerprint density at radius 1 is 1.24 bits per heavy atom. The van der Waals surface area contributed by atoms with Gasteiger partial charge in [0, 0.05) is 5.02 Å². The molecule has 0 saturated heterocycles. The molecule has 2 aromatic carbocycles. The topological polar surface area (TPSA) is 57.1 Å². The van der Waals surface area contributed by atoms with E-state index in [1.165, 1.54) is 0 Å². The monoisotopic (exact) mass is 545 g/mol. The molecule has 0 radical (unpaired) electrons. The SMILES string of the molecule is CCOc1cc(/C=C2\N=C(c3ccc(Cl)cc3Cl)OC2=O)cc(I)c1OC(C)C. The highest BCUT2D eigenvalue weighted by Gasteiger charge is 2.26. The van der Waals surface area contributed by atoms with Crippen LogP contribution in [-0.2, 0) is 9.53 Å². The highest BCUT2D eigenvalue weighted by atomic mass is 127. The summed E-state index contributed by atoms with van der Waals surface area (Å²) in [7, 11) is 0. The first-order valence-electron chi connectivity index (χ1n) is 8.89. The second-order valence-corrected chi connectivity index (χ2v) is 8.40. The van der Waals surface area contributed by atoms with E-state index in [4.69, 9.17) is 37.4 Å². The van der Waals surface area contributed by atoms with Crippen molar-refractivity contribution in [2.24, 2.45) is 4.99 Å². The maximum absolute atomic E-state index is 12.3. The van der Waals surface area contributed by atoms with Crippen molar-refractivity contribution in [3.63, 3.8) is 0 Å². The van der Waals surface area contributed by atoms with Gasteiger partial charge in [-0.15, -0.1) is 0 Å². The van der Waals surface area contributed by atoms with Gasteiger partial charge >= 0.3 is 5.97 Å². The molecule has 8 heteroatoms. The lowest BCUT2D eigenvalue weighted by Crippen LogP contribution is -2.09. The number of carbonyl (C=O) groups is 1. The molecule has 0 atom stereocenters. The molecular formula is C21H18Cl2INO4. The van der Waals surface area contributed by atoms with Crippen molar-refractivity contribution in [3.05, 3.63) is 60.8 Å². The molecule has 0 fully saturated rings. The van der Waals surface area contributed by atoms with Gasteiger partial charge in [-0.1, -0.05) is 23.2 Å². The Bertz CT molecular complexity index is 1020. The first-order chi connectivity index (χ1) is 13.8. The number of carbonyl (C=O) groups excluding carboxylic acids is 1. The molecule has 0 unspecified atom stereocenters. The van der Waals surface area contributed by atoms with Crippen molar-refractivity contribution in [1.82, 2.24) is 0 Å². The number of rotatable bonds is 6. The Labute approximate surface area is 192 Å². The summed E-state index contributed by atoms with van der Waals surface area (Å²) >= 11 is 14.3. The fraction of sp³-hybridized carbons (Fsp3) is 0.238. The van der Waals surface area contributed by atoms with Crippen LogP contribution in [0.3, 0.4) is 0 Å². The molecule has 3 rings (SSSR count). The van der Waals surface area contributed by atoms with Gasteiger partial charge in [0.15, 0.2) is 17.2 Å². The van der Waals surface area contributed by atoms with Crippen LogP contribution in [0.4, 0.5) is 0 Å². The number of hydrogen-bond donors (Lipinski definition) is 0. The third-order valence-corrected chi connectivity index (χ3v) is 5.12. The third kappa shape index (κ3) is 5.24. The molecule has 0 bridgehead atoms. The summed E-state index contributed by atoms with van der Waals surface area (Å²) < 4.78 is 17.8. The van der Waals surface area contributed by atoms with E-state index in [-0.39, 0.29) is 17.7 Å². The van der Waals surface area contributed by atoms with Crippen LogP contribution in [-0.4, -0.2) is 24.6 Å². The van der Waals surface area contributed by atoms with Gasteiger partial charge in [0.1, 0.15) is 0 Å². The van der Waals surface area contributed by atoms with Crippen LogP contribution in [0.5, 0.6) is 11.5 Å². The van der Waals surface area contributed by atoms with Crippen LogP contribution in [0.1, 0.15) is 31.9 Å². The largest absolute Gasteiger partial charge is 0.490 e. The van der Waals surface area contributed by atoms with Crippen LogP contribution in [0.2, 0.25) is 10.0 Å². The molecule has 29 heavy (non-hydrogen) atoms. The molecule has 1 aliphatic rings.